The first-order chi connectivity index (χ1) is 10.6. The third-order valence-corrected chi connectivity index (χ3v) is 4.33. The summed E-state index contributed by atoms with van der Waals surface area (Å²) in [7, 11) is 1.38. The molecule has 0 unspecified atom stereocenters. The molecule has 0 radical (unpaired) electrons. The molecule has 2 aliphatic rings. The highest BCUT2D eigenvalue weighted by Gasteiger charge is 2.33. The number of nitrogens with one attached hydrogen (secondary N) is 1. The third-order valence-electron chi connectivity index (χ3n) is 4.33. The van der Waals surface area contributed by atoms with Crippen molar-refractivity contribution in [1.82, 2.24) is 15.4 Å². The number of carbonyl (C=O) groups excluding carboxylic acids is 2. The number of likely N-dealkylation sites (tertiary alicyclic amines) is 1. The Labute approximate surface area is 129 Å². The van der Waals surface area contributed by atoms with Crippen molar-refractivity contribution in [3.05, 3.63) is 17.5 Å². The van der Waals surface area contributed by atoms with Gasteiger partial charge in [0.25, 0.3) is 5.91 Å². The summed E-state index contributed by atoms with van der Waals surface area (Å²) in [5.41, 5.74) is 0.334. The molecule has 3 rings (SSSR count). The minimum atomic E-state index is -0.259. The molecule has 2 atom stereocenters. The van der Waals surface area contributed by atoms with E-state index in [1.807, 2.05) is 4.90 Å². The zero-order valence-electron chi connectivity index (χ0n) is 12.9. The van der Waals surface area contributed by atoms with E-state index in [2.05, 4.69) is 22.1 Å². The van der Waals surface area contributed by atoms with Crippen LogP contribution in [0, 0.1) is 5.92 Å². The first kappa shape index (κ1) is 15.0. The second-order valence-corrected chi connectivity index (χ2v) is 6.22. The SMILES string of the molecule is COC(=O)CN1C[C@@H](C)[C@H](NC(=O)c2cc(C3CC3)on2)C1. The van der Waals surface area contributed by atoms with E-state index in [1.54, 1.807) is 6.07 Å². The molecular weight excluding hydrogens is 286 g/mol. The lowest BCUT2D eigenvalue weighted by Gasteiger charge is -2.15. The van der Waals surface area contributed by atoms with E-state index in [1.165, 1.54) is 7.11 Å². The van der Waals surface area contributed by atoms with E-state index in [-0.39, 0.29) is 30.4 Å². The summed E-state index contributed by atoms with van der Waals surface area (Å²) >= 11 is 0. The van der Waals surface area contributed by atoms with Gasteiger partial charge in [0.05, 0.1) is 13.7 Å². The fourth-order valence-electron chi connectivity index (χ4n) is 2.83. The van der Waals surface area contributed by atoms with Gasteiger partial charge in [0, 0.05) is 31.1 Å². The van der Waals surface area contributed by atoms with Crippen LogP contribution in [0.4, 0.5) is 0 Å². The fraction of sp³-hybridized carbons (Fsp3) is 0.667. The van der Waals surface area contributed by atoms with Crippen molar-refractivity contribution in [3.8, 4) is 0 Å². The summed E-state index contributed by atoms with van der Waals surface area (Å²) in [6, 6.07) is 1.73. The summed E-state index contributed by atoms with van der Waals surface area (Å²) in [6.45, 7) is 3.70. The van der Waals surface area contributed by atoms with Gasteiger partial charge in [0.1, 0.15) is 5.76 Å². The second-order valence-electron chi connectivity index (χ2n) is 6.22. The molecule has 1 saturated heterocycles. The monoisotopic (exact) mass is 307 g/mol. The average molecular weight is 307 g/mol. The van der Waals surface area contributed by atoms with Crippen LogP contribution in [0.5, 0.6) is 0 Å². The maximum absolute atomic E-state index is 12.2. The first-order valence-corrected chi connectivity index (χ1v) is 7.63. The summed E-state index contributed by atoms with van der Waals surface area (Å²) in [6.07, 6.45) is 2.22. The van der Waals surface area contributed by atoms with Crippen LogP contribution in [0.25, 0.3) is 0 Å². The molecule has 2 fully saturated rings. The van der Waals surface area contributed by atoms with Crippen LogP contribution >= 0.6 is 0 Å². The van der Waals surface area contributed by atoms with Crippen LogP contribution in [-0.2, 0) is 9.53 Å². The molecule has 7 nitrogen and oxygen atoms in total. The quantitative estimate of drug-likeness (QED) is 0.809. The molecule has 1 aliphatic heterocycles. The van der Waals surface area contributed by atoms with Crippen LogP contribution in [0.15, 0.2) is 10.6 Å². The van der Waals surface area contributed by atoms with Gasteiger partial charge in [0.15, 0.2) is 5.69 Å². The molecule has 1 aliphatic carbocycles. The topological polar surface area (TPSA) is 84.7 Å². The summed E-state index contributed by atoms with van der Waals surface area (Å²) in [4.78, 5) is 25.6. The van der Waals surface area contributed by atoms with Gasteiger partial charge in [-0.3, -0.25) is 14.5 Å². The van der Waals surface area contributed by atoms with Crippen LogP contribution in [0.3, 0.4) is 0 Å². The minimum absolute atomic E-state index is 0.00164. The molecule has 1 amide bonds. The van der Waals surface area contributed by atoms with E-state index in [4.69, 9.17) is 4.52 Å². The number of aromatic nitrogens is 1. The van der Waals surface area contributed by atoms with E-state index in [0.29, 0.717) is 18.2 Å². The Morgan fingerprint density at radius 3 is 2.91 bits per heavy atom. The number of ether oxygens (including phenoxy) is 1. The van der Waals surface area contributed by atoms with Gasteiger partial charge in [0.2, 0.25) is 0 Å². The Morgan fingerprint density at radius 2 is 2.23 bits per heavy atom. The van der Waals surface area contributed by atoms with Crippen molar-refractivity contribution in [2.75, 3.05) is 26.7 Å². The Balaban J connectivity index is 1.55. The van der Waals surface area contributed by atoms with Gasteiger partial charge in [-0.15, -0.1) is 0 Å². The summed E-state index contributed by atoms with van der Waals surface area (Å²) in [5, 5.41) is 6.83. The molecule has 0 spiro atoms. The summed E-state index contributed by atoms with van der Waals surface area (Å²) < 4.78 is 9.88. The van der Waals surface area contributed by atoms with E-state index >= 15 is 0 Å². The third kappa shape index (κ3) is 3.30. The lowest BCUT2D eigenvalue weighted by molar-refractivity contribution is -0.141. The lowest BCUT2D eigenvalue weighted by Crippen LogP contribution is -2.40. The van der Waals surface area contributed by atoms with Crippen LogP contribution in [-0.4, -0.2) is 54.7 Å². The maximum Gasteiger partial charge on any atom is 0.319 e. The molecule has 2 heterocycles. The molecule has 1 aromatic heterocycles. The van der Waals surface area contributed by atoms with Crippen molar-refractivity contribution in [2.24, 2.45) is 5.92 Å². The molecule has 7 heteroatoms. The Morgan fingerprint density at radius 1 is 1.45 bits per heavy atom. The second kappa shape index (κ2) is 6.08. The van der Waals surface area contributed by atoms with Gasteiger partial charge in [-0.1, -0.05) is 12.1 Å². The van der Waals surface area contributed by atoms with Gasteiger partial charge in [-0.05, 0) is 18.8 Å². The predicted molar refractivity (Wildman–Crippen MR) is 77.4 cm³/mol. The number of esters is 1. The van der Waals surface area contributed by atoms with Crippen LogP contribution < -0.4 is 5.32 Å². The zero-order valence-corrected chi connectivity index (χ0v) is 12.9. The standard InChI is InChI=1S/C15H21N3O4/c1-9-6-18(8-14(19)21-2)7-12(9)16-15(20)11-5-13(22-17-11)10-3-4-10/h5,9-10,12H,3-4,6-8H2,1-2H3,(H,16,20)/t9-,12-/m1/s1. The number of hydrogen-bond acceptors (Lipinski definition) is 6. The van der Waals surface area contributed by atoms with Crippen molar-refractivity contribution in [1.29, 1.82) is 0 Å². The largest absolute Gasteiger partial charge is 0.468 e. The normalized spacial score (nSPS) is 25.2. The molecule has 1 aromatic rings. The van der Waals surface area contributed by atoms with Gasteiger partial charge >= 0.3 is 5.97 Å². The molecule has 0 bridgehead atoms. The highest BCUT2D eigenvalue weighted by molar-refractivity contribution is 5.92. The van der Waals surface area contributed by atoms with Crippen molar-refractivity contribution < 1.29 is 18.8 Å². The Kier molecular flexibility index (Phi) is 4.15. The average Bonchev–Trinajstić information content (AvgIpc) is 3.12. The molecule has 1 saturated carbocycles. The number of carbonyl (C=O) groups is 2. The van der Waals surface area contributed by atoms with Crippen molar-refractivity contribution >= 4 is 11.9 Å². The summed E-state index contributed by atoms with van der Waals surface area (Å²) in [5.74, 6) is 1.03. The zero-order chi connectivity index (χ0) is 15.7. The smallest absolute Gasteiger partial charge is 0.319 e. The molecule has 0 aromatic carbocycles. The van der Waals surface area contributed by atoms with Gasteiger partial charge in [-0.25, -0.2) is 0 Å². The molecule has 120 valence electrons. The number of methoxy groups -OCH3 is 1. The minimum Gasteiger partial charge on any atom is -0.468 e. The number of rotatable bonds is 5. The Hall–Kier alpha value is -1.89. The molecular formula is C15H21N3O4. The van der Waals surface area contributed by atoms with Crippen LogP contribution in [0.2, 0.25) is 0 Å². The molecule has 22 heavy (non-hydrogen) atoms. The Bertz CT molecular complexity index is 567. The number of amides is 1. The van der Waals surface area contributed by atoms with Gasteiger partial charge in [-0.2, -0.15) is 0 Å². The number of hydrogen-bond donors (Lipinski definition) is 1. The van der Waals surface area contributed by atoms with Crippen molar-refractivity contribution in [3.63, 3.8) is 0 Å². The fourth-order valence-corrected chi connectivity index (χ4v) is 2.83. The highest BCUT2D eigenvalue weighted by atomic mass is 16.5. The van der Waals surface area contributed by atoms with E-state index in [0.717, 1.165) is 25.1 Å². The predicted octanol–water partition coefficient (Wildman–Crippen LogP) is 0.775. The maximum atomic E-state index is 12.2. The van der Waals surface area contributed by atoms with Crippen LogP contribution in [0.1, 0.15) is 41.9 Å². The first-order valence-electron chi connectivity index (χ1n) is 7.63. The van der Waals surface area contributed by atoms with Gasteiger partial charge < -0.3 is 14.6 Å². The lowest BCUT2D eigenvalue weighted by atomic mass is 10.1. The van der Waals surface area contributed by atoms with E-state index in [9.17, 15) is 9.59 Å². The molecule has 1 N–H and O–H groups in total. The van der Waals surface area contributed by atoms with Crippen molar-refractivity contribution in [2.45, 2.75) is 31.7 Å². The highest BCUT2D eigenvalue weighted by Crippen LogP contribution is 2.40. The van der Waals surface area contributed by atoms with E-state index < -0.39 is 0 Å². The number of nitrogens with zero attached hydrogens (tertiary/aromatic N) is 2.